The Hall–Kier alpha value is -3.88. The number of rotatable bonds is 5. The fraction of sp³-hybridized carbons (Fsp3) is 0.143. The second kappa shape index (κ2) is 7.18. The molecule has 30 heavy (non-hydrogen) atoms. The molecule has 150 valence electrons. The number of hydrogen-bond acceptors (Lipinski definition) is 5. The highest BCUT2D eigenvalue weighted by Gasteiger charge is 2.16. The van der Waals surface area contributed by atoms with Gasteiger partial charge in [0.1, 0.15) is 29.0 Å². The molecule has 4 aromatic heterocycles. The summed E-state index contributed by atoms with van der Waals surface area (Å²) in [6.45, 7) is -0.482. The van der Waals surface area contributed by atoms with Crippen molar-refractivity contribution >= 4 is 22.2 Å². The van der Waals surface area contributed by atoms with Crippen LogP contribution in [0.1, 0.15) is 0 Å². The molecule has 0 unspecified atom stereocenters. The Morgan fingerprint density at radius 1 is 1.00 bits per heavy atom. The van der Waals surface area contributed by atoms with Gasteiger partial charge in [-0.3, -0.25) is 14.2 Å². The quantitative estimate of drug-likeness (QED) is 0.432. The van der Waals surface area contributed by atoms with E-state index in [0.717, 1.165) is 16.7 Å². The first-order valence-corrected chi connectivity index (χ1v) is 9.25. The molecule has 0 saturated heterocycles. The van der Waals surface area contributed by atoms with E-state index in [2.05, 4.69) is 20.1 Å². The molecule has 9 heteroatoms. The normalized spacial score (nSPS) is 11.6. The molecule has 1 aromatic carbocycles. The van der Waals surface area contributed by atoms with Crippen LogP contribution >= 0.6 is 0 Å². The third kappa shape index (κ3) is 3.14. The molecular formula is C21H16F2N6O. The molecule has 0 bridgehead atoms. The zero-order valence-corrected chi connectivity index (χ0v) is 15.9. The first-order chi connectivity index (χ1) is 14.6. The van der Waals surface area contributed by atoms with Gasteiger partial charge in [-0.2, -0.15) is 10.1 Å². The number of nitrogens with zero attached hydrogens (tertiary/aromatic N) is 6. The highest BCUT2D eigenvalue weighted by Crippen LogP contribution is 2.30. The van der Waals surface area contributed by atoms with Gasteiger partial charge in [0.25, 0.3) is 6.43 Å². The van der Waals surface area contributed by atoms with E-state index in [9.17, 15) is 8.78 Å². The number of hydrogen-bond donors (Lipinski definition) is 0. The molecular weight excluding hydrogens is 390 g/mol. The van der Waals surface area contributed by atoms with Crippen molar-refractivity contribution in [3.63, 3.8) is 0 Å². The zero-order chi connectivity index (χ0) is 20.7. The number of alkyl halides is 2. The smallest absolute Gasteiger partial charge is 0.303 e. The fourth-order valence-electron chi connectivity index (χ4n) is 3.35. The lowest BCUT2D eigenvalue weighted by molar-refractivity contribution is 0.123. The molecule has 7 nitrogen and oxygen atoms in total. The maximum atomic E-state index is 12.9. The van der Waals surface area contributed by atoms with Gasteiger partial charge in [0.2, 0.25) is 0 Å². The van der Waals surface area contributed by atoms with Crippen molar-refractivity contribution in [1.82, 2.24) is 29.3 Å². The van der Waals surface area contributed by atoms with Crippen LogP contribution in [0.25, 0.3) is 33.5 Å². The third-order valence-corrected chi connectivity index (χ3v) is 4.74. The van der Waals surface area contributed by atoms with Gasteiger partial charge < -0.3 is 4.74 Å². The van der Waals surface area contributed by atoms with E-state index in [1.165, 1.54) is 4.68 Å². The minimum absolute atomic E-state index is 0.421. The van der Waals surface area contributed by atoms with Gasteiger partial charge in [-0.25, -0.2) is 13.8 Å². The molecule has 4 heterocycles. The van der Waals surface area contributed by atoms with E-state index >= 15 is 0 Å². The van der Waals surface area contributed by atoms with Gasteiger partial charge in [-0.1, -0.05) is 0 Å². The zero-order valence-electron chi connectivity index (χ0n) is 15.9. The molecule has 0 atom stereocenters. The summed E-state index contributed by atoms with van der Waals surface area (Å²) in [4.78, 5) is 13.1. The predicted molar refractivity (Wildman–Crippen MR) is 108 cm³/mol. The lowest BCUT2D eigenvalue weighted by Crippen LogP contribution is -2.07. The van der Waals surface area contributed by atoms with Crippen molar-refractivity contribution in [2.24, 2.45) is 7.05 Å². The summed E-state index contributed by atoms with van der Waals surface area (Å²) in [5, 5.41) is 4.36. The molecule has 0 aliphatic heterocycles. The lowest BCUT2D eigenvalue weighted by atomic mass is 10.1. The molecule has 0 N–H and O–H groups in total. The molecule has 0 saturated carbocycles. The van der Waals surface area contributed by atoms with Crippen molar-refractivity contribution in [3.8, 4) is 23.0 Å². The highest BCUT2D eigenvalue weighted by atomic mass is 19.3. The summed E-state index contributed by atoms with van der Waals surface area (Å²) in [6, 6.07) is 14.7. The van der Waals surface area contributed by atoms with Gasteiger partial charge >= 0.3 is 6.01 Å². The van der Waals surface area contributed by atoms with Crippen molar-refractivity contribution in [2.45, 2.75) is 13.0 Å². The summed E-state index contributed by atoms with van der Waals surface area (Å²) in [7, 11) is 1.83. The number of imidazole rings is 1. The topological polar surface area (TPSA) is 70.7 Å². The largest absolute Gasteiger partial charge is 0.425 e. The lowest BCUT2D eigenvalue weighted by Gasteiger charge is -2.05. The number of aromatic nitrogens is 6. The van der Waals surface area contributed by atoms with Crippen molar-refractivity contribution < 1.29 is 13.5 Å². The minimum atomic E-state index is -2.50. The number of fused-ring (bicyclic) bond motifs is 2. The fourth-order valence-corrected chi connectivity index (χ4v) is 3.35. The van der Waals surface area contributed by atoms with Crippen molar-refractivity contribution in [1.29, 1.82) is 0 Å². The van der Waals surface area contributed by atoms with Gasteiger partial charge in [-0.05, 0) is 48.5 Å². The second-order valence-corrected chi connectivity index (χ2v) is 6.72. The van der Waals surface area contributed by atoms with Crippen molar-refractivity contribution in [2.75, 3.05) is 0 Å². The van der Waals surface area contributed by atoms with Gasteiger partial charge in [-0.15, -0.1) is 0 Å². The maximum absolute atomic E-state index is 12.9. The first kappa shape index (κ1) is 18.2. The van der Waals surface area contributed by atoms with E-state index in [1.54, 1.807) is 41.2 Å². The summed E-state index contributed by atoms with van der Waals surface area (Å²) >= 11 is 0. The van der Waals surface area contributed by atoms with E-state index in [-0.39, 0.29) is 0 Å². The maximum Gasteiger partial charge on any atom is 0.303 e. The van der Waals surface area contributed by atoms with Gasteiger partial charge in [0.15, 0.2) is 5.65 Å². The van der Waals surface area contributed by atoms with Crippen LogP contribution in [0.15, 0.2) is 60.9 Å². The number of pyridine rings is 2. The summed E-state index contributed by atoms with van der Waals surface area (Å²) in [6.07, 6.45) is 0.825. The van der Waals surface area contributed by atoms with Crippen LogP contribution in [0, 0.1) is 0 Å². The van der Waals surface area contributed by atoms with Crippen LogP contribution in [-0.2, 0) is 13.6 Å². The summed E-state index contributed by atoms with van der Waals surface area (Å²) in [5.74, 6) is 0.585. The van der Waals surface area contributed by atoms with Crippen LogP contribution in [0.3, 0.4) is 0 Å². The van der Waals surface area contributed by atoms with E-state index in [0.29, 0.717) is 28.5 Å². The Labute approximate surface area is 169 Å². The van der Waals surface area contributed by atoms with E-state index < -0.39 is 13.0 Å². The van der Waals surface area contributed by atoms with Crippen LogP contribution < -0.4 is 4.74 Å². The Kier molecular flexibility index (Phi) is 4.35. The molecule has 0 aliphatic rings. The summed E-state index contributed by atoms with van der Waals surface area (Å²) < 4.78 is 34.8. The molecule has 5 aromatic rings. The average molecular weight is 406 g/mol. The third-order valence-electron chi connectivity index (χ3n) is 4.74. The van der Waals surface area contributed by atoms with Gasteiger partial charge in [0, 0.05) is 25.0 Å². The number of ether oxygens (including phenoxy) is 1. The van der Waals surface area contributed by atoms with E-state index in [1.807, 2.05) is 31.3 Å². The SMILES string of the molecule is Cn1c(Oc2ccc(-c3nn(CC(F)F)c4cccnc34)cc2)nc2cccnc21. The second-order valence-electron chi connectivity index (χ2n) is 6.72. The predicted octanol–water partition coefficient (Wildman–Crippen LogP) is 4.44. The number of halogens is 2. The number of aryl methyl sites for hydroxylation is 1. The molecule has 0 radical (unpaired) electrons. The Morgan fingerprint density at radius 3 is 2.53 bits per heavy atom. The van der Waals surface area contributed by atoms with Crippen molar-refractivity contribution in [3.05, 3.63) is 60.9 Å². The molecule has 0 spiro atoms. The standard InChI is InChI=1S/C21H16F2N6O/c1-28-20-15(4-2-11-25-20)26-21(28)30-14-8-6-13(7-9-14)18-19-16(5-3-10-24-19)29(27-18)12-17(22)23/h2-11,17H,12H2,1H3. The van der Waals surface area contributed by atoms with E-state index in [4.69, 9.17) is 4.74 Å². The van der Waals surface area contributed by atoms with Crippen LogP contribution in [0.2, 0.25) is 0 Å². The average Bonchev–Trinajstić information content (AvgIpc) is 3.27. The Bertz CT molecular complexity index is 1340. The summed E-state index contributed by atoms with van der Waals surface area (Å²) in [5.41, 5.74) is 3.92. The first-order valence-electron chi connectivity index (χ1n) is 9.25. The molecule has 0 aliphatic carbocycles. The minimum Gasteiger partial charge on any atom is -0.425 e. The Morgan fingerprint density at radius 2 is 1.77 bits per heavy atom. The highest BCUT2D eigenvalue weighted by molar-refractivity contribution is 5.89. The molecule has 0 fully saturated rings. The van der Waals surface area contributed by atoms with Crippen LogP contribution in [0.4, 0.5) is 8.78 Å². The van der Waals surface area contributed by atoms with Gasteiger partial charge in [0.05, 0.1) is 5.52 Å². The van der Waals surface area contributed by atoms with Crippen LogP contribution in [-0.4, -0.2) is 35.7 Å². The number of benzene rings is 1. The van der Waals surface area contributed by atoms with Crippen LogP contribution in [0.5, 0.6) is 11.8 Å². The molecule has 0 amide bonds. The monoisotopic (exact) mass is 406 g/mol. The Balaban J connectivity index is 1.47. The molecule has 5 rings (SSSR count).